The number of rotatable bonds is 2. The number of carbonyl (C=O) groups is 1. The standard InChI is InChI=1S/C15H16N2O2/c1-3-4-9-17-11-13(18)10-15(16-17)12-5-7-14(19-2)8-6-12/h5-8H,3,10-11H2,1-2H3. The second-order valence-corrected chi connectivity index (χ2v) is 4.19. The summed E-state index contributed by atoms with van der Waals surface area (Å²) in [5, 5.41) is 5.93. The van der Waals surface area contributed by atoms with E-state index in [1.165, 1.54) is 5.01 Å². The summed E-state index contributed by atoms with van der Waals surface area (Å²) in [6.45, 7) is 2.24. The summed E-state index contributed by atoms with van der Waals surface area (Å²) in [6, 6.07) is 10.4. The summed E-state index contributed by atoms with van der Waals surface area (Å²) in [5.74, 6) is 3.84. The number of ketones is 1. The van der Waals surface area contributed by atoms with Crippen molar-refractivity contribution in [3.05, 3.63) is 29.8 Å². The minimum Gasteiger partial charge on any atom is -0.497 e. The van der Waals surface area contributed by atoms with Gasteiger partial charge in [0.05, 0.1) is 19.2 Å². The van der Waals surface area contributed by atoms with Gasteiger partial charge in [0.1, 0.15) is 12.3 Å². The number of carbonyl (C=O) groups excluding carboxylic acids is 1. The molecule has 0 aromatic heterocycles. The zero-order valence-electron chi connectivity index (χ0n) is 11.1. The molecule has 0 amide bonds. The highest BCUT2D eigenvalue weighted by molar-refractivity contribution is 6.12. The van der Waals surface area contributed by atoms with Crippen molar-refractivity contribution in [1.29, 1.82) is 0 Å². The zero-order valence-corrected chi connectivity index (χ0v) is 11.1. The molecule has 1 heterocycles. The average molecular weight is 256 g/mol. The number of ether oxygens (including phenoxy) is 1. The Morgan fingerprint density at radius 2 is 2.11 bits per heavy atom. The predicted molar refractivity (Wildman–Crippen MR) is 73.9 cm³/mol. The third kappa shape index (κ3) is 3.35. The summed E-state index contributed by atoms with van der Waals surface area (Å²) in [6.07, 6.45) is 1.11. The lowest BCUT2D eigenvalue weighted by Gasteiger charge is -2.19. The van der Waals surface area contributed by atoms with E-state index in [2.05, 4.69) is 17.1 Å². The molecule has 0 spiro atoms. The van der Waals surface area contributed by atoms with Gasteiger partial charge in [0.25, 0.3) is 0 Å². The first-order chi connectivity index (χ1) is 9.22. The number of hydrogen-bond donors (Lipinski definition) is 0. The Morgan fingerprint density at radius 1 is 1.37 bits per heavy atom. The van der Waals surface area contributed by atoms with Crippen LogP contribution < -0.4 is 4.74 Å². The highest BCUT2D eigenvalue weighted by Crippen LogP contribution is 2.16. The third-order valence-electron chi connectivity index (χ3n) is 2.74. The minimum atomic E-state index is 0.131. The second-order valence-electron chi connectivity index (χ2n) is 4.19. The molecule has 19 heavy (non-hydrogen) atoms. The molecule has 4 heteroatoms. The van der Waals surface area contributed by atoms with Crippen molar-refractivity contribution in [3.8, 4) is 17.7 Å². The fourth-order valence-corrected chi connectivity index (χ4v) is 1.80. The Hall–Kier alpha value is -2.28. The van der Waals surface area contributed by atoms with Crippen LogP contribution in [0.1, 0.15) is 25.3 Å². The number of benzene rings is 1. The first-order valence-electron chi connectivity index (χ1n) is 6.22. The number of hydrogen-bond acceptors (Lipinski definition) is 4. The predicted octanol–water partition coefficient (Wildman–Crippen LogP) is 2.04. The molecule has 0 radical (unpaired) electrons. The Balaban J connectivity index is 2.25. The average Bonchev–Trinajstić information content (AvgIpc) is 2.44. The molecule has 0 fully saturated rings. The van der Waals surface area contributed by atoms with Gasteiger partial charge < -0.3 is 4.74 Å². The van der Waals surface area contributed by atoms with E-state index in [-0.39, 0.29) is 12.3 Å². The Bertz CT molecular complexity index is 550. The van der Waals surface area contributed by atoms with Crippen LogP contribution in [0, 0.1) is 12.0 Å². The van der Waals surface area contributed by atoms with Gasteiger partial charge in [-0.15, -0.1) is 0 Å². The van der Waals surface area contributed by atoms with Crippen LogP contribution in [-0.2, 0) is 4.79 Å². The Kier molecular flexibility index (Phi) is 4.19. The molecule has 1 aliphatic rings. The van der Waals surface area contributed by atoms with Gasteiger partial charge in [-0.25, -0.2) is 5.01 Å². The lowest BCUT2D eigenvalue weighted by molar-refractivity contribution is -0.118. The van der Waals surface area contributed by atoms with Crippen molar-refractivity contribution in [3.63, 3.8) is 0 Å². The van der Waals surface area contributed by atoms with Crippen molar-refractivity contribution >= 4 is 11.5 Å². The van der Waals surface area contributed by atoms with Gasteiger partial charge in [-0.1, -0.05) is 12.8 Å². The molecule has 1 aromatic carbocycles. The highest BCUT2D eigenvalue weighted by atomic mass is 16.5. The molecule has 0 saturated carbocycles. The van der Waals surface area contributed by atoms with E-state index in [1.807, 2.05) is 31.2 Å². The normalized spacial score (nSPS) is 14.5. The maximum absolute atomic E-state index is 11.7. The molecule has 0 bridgehead atoms. The van der Waals surface area contributed by atoms with Gasteiger partial charge in [-0.05, 0) is 29.8 Å². The molecule has 2 rings (SSSR count). The van der Waals surface area contributed by atoms with Crippen LogP contribution >= 0.6 is 0 Å². The quantitative estimate of drug-likeness (QED) is 0.760. The monoisotopic (exact) mass is 256 g/mol. The van der Waals surface area contributed by atoms with Crippen molar-refractivity contribution in [2.24, 2.45) is 5.10 Å². The van der Waals surface area contributed by atoms with Crippen LogP contribution in [0.3, 0.4) is 0 Å². The van der Waals surface area contributed by atoms with Crippen LogP contribution in [-0.4, -0.2) is 30.2 Å². The molecule has 1 aliphatic heterocycles. The van der Waals surface area contributed by atoms with Gasteiger partial charge in [-0.3, -0.25) is 4.79 Å². The lowest BCUT2D eigenvalue weighted by atomic mass is 10.0. The largest absolute Gasteiger partial charge is 0.497 e. The van der Waals surface area contributed by atoms with Crippen molar-refractivity contribution < 1.29 is 9.53 Å². The van der Waals surface area contributed by atoms with E-state index >= 15 is 0 Å². The molecule has 0 atom stereocenters. The van der Waals surface area contributed by atoms with Gasteiger partial charge >= 0.3 is 0 Å². The fourth-order valence-electron chi connectivity index (χ4n) is 1.80. The molecule has 98 valence electrons. The number of methoxy groups -OCH3 is 1. The maximum Gasteiger partial charge on any atom is 0.161 e. The van der Waals surface area contributed by atoms with Crippen molar-refractivity contribution in [2.75, 3.05) is 13.7 Å². The Morgan fingerprint density at radius 3 is 2.74 bits per heavy atom. The molecule has 1 aromatic rings. The smallest absolute Gasteiger partial charge is 0.161 e. The number of hydrazone groups is 1. The molecular weight excluding hydrogens is 240 g/mol. The first kappa shape index (κ1) is 13.2. The lowest BCUT2D eigenvalue weighted by Crippen LogP contribution is -2.30. The minimum absolute atomic E-state index is 0.131. The Labute approximate surface area is 113 Å². The summed E-state index contributed by atoms with van der Waals surface area (Å²) < 4.78 is 5.11. The summed E-state index contributed by atoms with van der Waals surface area (Å²) >= 11 is 0. The SMILES string of the molecule is CCC#CN1CC(=O)CC(c2ccc(OC)cc2)=N1. The van der Waals surface area contributed by atoms with Crippen LogP contribution in [0.15, 0.2) is 29.4 Å². The van der Waals surface area contributed by atoms with Gasteiger partial charge in [-0.2, -0.15) is 5.10 Å². The van der Waals surface area contributed by atoms with Crippen molar-refractivity contribution in [2.45, 2.75) is 19.8 Å². The molecule has 0 aliphatic carbocycles. The highest BCUT2D eigenvalue weighted by Gasteiger charge is 2.19. The molecular formula is C15H16N2O2. The third-order valence-corrected chi connectivity index (χ3v) is 2.74. The molecule has 4 nitrogen and oxygen atoms in total. The van der Waals surface area contributed by atoms with E-state index in [0.717, 1.165) is 23.4 Å². The maximum atomic E-state index is 11.7. The van der Waals surface area contributed by atoms with Crippen LogP contribution in [0.5, 0.6) is 5.75 Å². The zero-order chi connectivity index (χ0) is 13.7. The van der Waals surface area contributed by atoms with Crippen LogP contribution in [0.2, 0.25) is 0 Å². The number of nitrogens with zero attached hydrogens (tertiary/aromatic N) is 2. The summed E-state index contributed by atoms with van der Waals surface area (Å²) in [5.41, 5.74) is 1.68. The van der Waals surface area contributed by atoms with E-state index in [4.69, 9.17) is 4.74 Å². The second kappa shape index (κ2) is 6.05. The van der Waals surface area contributed by atoms with Crippen LogP contribution in [0.25, 0.3) is 0 Å². The first-order valence-corrected chi connectivity index (χ1v) is 6.22. The van der Waals surface area contributed by atoms with Gasteiger partial charge in [0.2, 0.25) is 0 Å². The molecule has 0 saturated heterocycles. The molecule has 0 unspecified atom stereocenters. The number of Topliss-reactive ketones (excluding diaryl/α,β-unsaturated/α-hetero) is 1. The van der Waals surface area contributed by atoms with E-state index in [1.54, 1.807) is 7.11 Å². The van der Waals surface area contributed by atoms with Gasteiger partial charge in [0, 0.05) is 12.5 Å². The summed E-state index contributed by atoms with van der Waals surface area (Å²) in [7, 11) is 1.62. The van der Waals surface area contributed by atoms with E-state index < -0.39 is 0 Å². The van der Waals surface area contributed by atoms with Crippen molar-refractivity contribution in [1.82, 2.24) is 5.01 Å². The van der Waals surface area contributed by atoms with E-state index in [9.17, 15) is 4.79 Å². The molecule has 0 N–H and O–H groups in total. The van der Waals surface area contributed by atoms with E-state index in [0.29, 0.717) is 6.42 Å². The van der Waals surface area contributed by atoms with Gasteiger partial charge in [0.15, 0.2) is 5.78 Å². The summed E-state index contributed by atoms with van der Waals surface area (Å²) in [4.78, 5) is 11.7. The topological polar surface area (TPSA) is 41.9 Å². The fraction of sp³-hybridized carbons (Fsp3) is 0.333. The van der Waals surface area contributed by atoms with Crippen LogP contribution in [0.4, 0.5) is 0 Å².